The van der Waals surface area contributed by atoms with Crippen molar-refractivity contribution in [3.8, 4) is 5.75 Å². The summed E-state index contributed by atoms with van der Waals surface area (Å²) in [6, 6.07) is 22.8. The van der Waals surface area contributed by atoms with Crippen LogP contribution < -0.4 is 20.7 Å². The van der Waals surface area contributed by atoms with Crippen LogP contribution in [-0.4, -0.2) is 27.2 Å². The van der Waals surface area contributed by atoms with E-state index in [1.54, 1.807) is 7.11 Å². The van der Waals surface area contributed by atoms with Gasteiger partial charge in [-0.1, -0.05) is 36.4 Å². The molecule has 0 bridgehead atoms. The predicted molar refractivity (Wildman–Crippen MR) is 126 cm³/mol. The van der Waals surface area contributed by atoms with Crippen molar-refractivity contribution in [3.63, 3.8) is 0 Å². The van der Waals surface area contributed by atoms with Crippen LogP contribution in [0.4, 0.5) is 34.9 Å². The van der Waals surface area contributed by atoms with Crippen LogP contribution in [0.5, 0.6) is 5.75 Å². The second-order valence-electron chi connectivity index (χ2n) is 7.09. The first-order chi connectivity index (χ1) is 15.6. The number of aliphatic hydroxyl groups excluding tert-OH is 1. The number of anilines is 6. The Morgan fingerprint density at radius 1 is 0.750 bits per heavy atom. The molecule has 4 N–H and O–H groups in total. The third-order valence-corrected chi connectivity index (χ3v) is 4.72. The third-order valence-electron chi connectivity index (χ3n) is 4.72. The van der Waals surface area contributed by atoms with Crippen LogP contribution in [0, 0.1) is 6.92 Å². The minimum atomic E-state index is -0.0462. The zero-order chi connectivity index (χ0) is 22.3. The number of nitrogens with one attached hydrogen (secondary N) is 3. The first kappa shape index (κ1) is 21.1. The van der Waals surface area contributed by atoms with Gasteiger partial charge in [-0.2, -0.15) is 15.0 Å². The Morgan fingerprint density at radius 2 is 1.38 bits per heavy atom. The molecule has 8 heteroatoms. The molecule has 3 aromatic carbocycles. The second-order valence-corrected chi connectivity index (χ2v) is 7.09. The molecule has 0 saturated carbocycles. The molecule has 0 aliphatic heterocycles. The van der Waals surface area contributed by atoms with Crippen LogP contribution in [0.3, 0.4) is 0 Å². The van der Waals surface area contributed by atoms with Crippen molar-refractivity contribution in [1.29, 1.82) is 0 Å². The van der Waals surface area contributed by atoms with Gasteiger partial charge in [-0.3, -0.25) is 0 Å². The highest BCUT2D eigenvalue weighted by Gasteiger charge is 2.10. The summed E-state index contributed by atoms with van der Waals surface area (Å²) in [7, 11) is 1.62. The topological polar surface area (TPSA) is 104 Å². The Hall–Kier alpha value is -4.17. The molecule has 0 fully saturated rings. The van der Waals surface area contributed by atoms with Gasteiger partial charge in [0.05, 0.1) is 13.7 Å². The van der Waals surface area contributed by atoms with Crippen molar-refractivity contribution in [2.75, 3.05) is 23.1 Å². The van der Waals surface area contributed by atoms with E-state index >= 15 is 0 Å². The lowest BCUT2D eigenvalue weighted by atomic mass is 10.2. The van der Waals surface area contributed by atoms with Crippen molar-refractivity contribution in [2.24, 2.45) is 0 Å². The van der Waals surface area contributed by atoms with Gasteiger partial charge in [0, 0.05) is 23.1 Å². The van der Waals surface area contributed by atoms with Gasteiger partial charge < -0.3 is 25.8 Å². The van der Waals surface area contributed by atoms with Crippen LogP contribution in [0.2, 0.25) is 0 Å². The number of aromatic nitrogens is 3. The highest BCUT2D eigenvalue weighted by molar-refractivity contribution is 5.64. The van der Waals surface area contributed by atoms with Crippen LogP contribution in [0.25, 0.3) is 0 Å². The van der Waals surface area contributed by atoms with Gasteiger partial charge in [0.1, 0.15) is 5.75 Å². The van der Waals surface area contributed by atoms with Gasteiger partial charge in [-0.25, -0.2) is 0 Å². The molecule has 0 aliphatic rings. The summed E-state index contributed by atoms with van der Waals surface area (Å²) in [5, 5.41) is 19.1. The second kappa shape index (κ2) is 9.76. The summed E-state index contributed by atoms with van der Waals surface area (Å²) in [5.74, 6) is 1.84. The smallest absolute Gasteiger partial charge is 0.233 e. The number of nitrogens with zero attached hydrogens (tertiary/aromatic N) is 3. The van der Waals surface area contributed by atoms with Gasteiger partial charge in [0.2, 0.25) is 17.8 Å². The van der Waals surface area contributed by atoms with E-state index in [1.807, 2.05) is 79.7 Å². The van der Waals surface area contributed by atoms with E-state index in [4.69, 9.17) is 4.74 Å². The number of aryl methyl sites for hydroxylation is 1. The maximum Gasteiger partial charge on any atom is 0.233 e. The van der Waals surface area contributed by atoms with Crippen LogP contribution in [-0.2, 0) is 6.61 Å². The lowest BCUT2D eigenvalue weighted by molar-refractivity contribution is 0.282. The number of ether oxygens (including phenoxy) is 1. The average molecular weight is 428 g/mol. The predicted octanol–water partition coefficient (Wildman–Crippen LogP) is 4.91. The van der Waals surface area contributed by atoms with Crippen LogP contribution in [0.15, 0.2) is 72.8 Å². The van der Waals surface area contributed by atoms with Crippen LogP contribution in [0.1, 0.15) is 11.1 Å². The SMILES string of the molecule is COc1cccc(Nc2nc(Nc3cccc(CO)c3)nc(Nc3ccccc3C)n2)c1. The zero-order valence-electron chi connectivity index (χ0n) is 17.8. The van der Waals surface area contributed by atoms with Crippen molar-refractivity contribution in [3.05, 3.63) is 83.9 Å². The molecule has 4 rings (SSSR count). The highest BCUT2D eigenvalue weighted by atomic mass is 16.5. The van der Waals surface area contributed by atoms with Crippen molar-refractivity contribution in [2.45, 2.75) is 13.5 Å². The number of aliphatic hydroxyl groups is 1. The number of methoxy groups -OCH3 is 1. The Kier molecular flexibility index (Phi) is 6.43. The summed E-state index contributed by atoms with van der Waals surface area (Å²) in [4.78, 5) is 13.6. The van der Waals surface area contributed by atoms with Gasteiger partial charge in [0.25, 0.3) is 0 Å². The Balaban J connectivity index is 1.67. The lowest BCUT2D eigenvalue weighted by Crippen LogP contribution is -2.08. The fourth-order valence-electron chi connectivity index (χ4n) is 3.08. The quantitative estimate of drug-likeness (QED) is 0.314. The van der Waals surface area contributed by atoms with E-state index in [-0.39, 0.29) is 6.61 Å². The van der Waals surface area contributed by atoms with E-state index < -0.39 is 0 Å². The Morgan fingerprint density at radius 3 is 2.03 bits per heavy atom. The summed E-state index contributed by atoms with van der Waals surface area (Å²) < 4.78 is 5.29. The fourth-order valence-corrected chi connectivity index (χ4v) is 3.08. The molecule has 4 aromatic rings. The number of benzene rings is 3. The fraction of sp³-hybridized carbons (Fsp3) is 0.125. The number of para-hydroxylation sites is 1. The first-order valence-corrected chi connectivity index (χ1v) is 10.1. The molecular formula is C24H24N6O2. The Labute approximate surface area is 186 Å². The lowest BCUT2D eigenvalue weighted by Gasteiger charge is -2.13. The Bertz CT molecular complexity index is 1150. The largest absolute Gasteiger partial charge is 0.497 e. The van der Waals surface area contributed by atoms with Crippen LogP contribution >= 0.6 is 0 Å². The minimum absolute atomic E-state index is 0.0462. The normalized spacial score (nSPS) is 10.5. The molecule has 0 atom stereocenters. The van der Waals surface area contributed by atoms with Crippen molar-refractivity contribution in [1.82, 2.24) is 15.0 Å². The van der Waals surface area contributed by atoms with Gasteiger partial charge in [-0.05, 0) is 48.4 Å². The molecule has 0 saturated heterocycles. The number of rotatable bonds is 8. The standard InChI is InChI=1S/C24H24N6O2/c1-16-7-3-4-12-21(16)27-24-29-22(25-18-9-5-8-17(13-18)15-31)28-23(30-24)26-19-10-6-11-20(14-19)32-2/h3-14,31H,15H2,1-2H3,(H3,25,26,27,28,29,30). The molecule has 1 aromatic heterocycles. The number of hydrogen-bond donors (Lipinski definition) is 4. The molecule has 0 amide bonds. The molecule has 0 unspecified atom stereocenters. The maximum atomic E-state index is 9.41. The minimum Gasteiger partial charge on any atom is -0.497 e. The number of hydrogen-bond acceptors (Lipinski definition) is 8. The van der Waals surface area contributed by atoms with Gasteiger partial charge in [-0.15, -0.1) is 0 Å². The van der Waals surface area contributed by atoms with Gasteiger partial charge in [0.15, 0.2) is 0 Å². The first-order valence-electron chi connectivity index (χ1n) is 10.1. The van der Waals surface area contributed by atoms with E-state index in [0.717, 1.165) is 33.9 Å². The van der Waals surface area contributed by atoms with E-state index in [0.29, 0.717) is 17.8 Å². The monoisotopic (exact) mass is 428 g/mol. The third kappa shape index (κ3) is 5.30. The maximum absolute atomic E-state index is 9.41. The molecule has 32 heavy (non-hydrogen) atoms. The molecule has 162 valence electrons. The molecule has 1 heterocycles. The van der Waals surface area contributed by atoms with E-state index in [1.165, 1.54) is 0 Å². The molecular weight excluding hydrogens is 404 g/mol. The summed E-state index contributed by atoms with van der Waals surface area (Å²) in [6.07, 6.45) is 0. The highest BCUT2D eigenvalue weighted by Crippen LogP contribution is 2.24. The molecule has 0 spiro atoms. The summed E-state index contributed by atoms with van der Waals surface area (Å²) in [5.41, 5.74) is 4.30. The van der Waals surface area contributed by atoms with E-state index in [9.17, 15) is 5.11 Å². The van der Waals surface area contributed by atoms with Crippen molar-refractivity contribution < 1.29 is 9.84 Å². The summed E-state index contributed by atoms with van der Waals surface area (Å²) >= 11 is 0. The average Bonchev–Trinajstić information content (AvgIpc) is 2.81. The summed E-state index contributed by atoms with van der Waals surface area (Å²) in [6.45, 7) is 1.97. The molecule has 0 aliphatic carbocycles. The van der Waals surface area contributed by atoms with E-state index in [2.05, 4.69) is 30.9 Å². The molecule has 8 nitrogen and oxygen atoms in total. The van der Waals surface area contributed by atoms with Crippen molar-refractivity contribution >= 4 is 34.9 Å². The zero-order valence-corrected chi connectivity index (χ0v) is 17.8. The molecule has 0 radical (unpaired) electrons. The van der Waals surface area contributed by atoms with Gasteiger partial charge >= 0.3 is 0 Å².